The van der Waals surface area contributed by atoms with E-state index in [0.717, 1.165) is 22.9 Å². The highest BCUT2D eigenvalue weighted by Gasteiger charge is 2.24. The minimum absolute atomic E-state index is 0.572. The molecule has 0 bridgehead atoms. The summed E-state index contributed by atoms with van der Waals surface area (Å²) in [5, 5.41) is 4.18. The highest BCUT2D eigenvalue weighted by atomic mass is 15.2. The first-order valence-corrected chi connectivity index (χ1v) is 6.48. The second-order valence-electron chi connectivity index (χ2n) is 5.15. The van der Waals surface area contributed by atoms with Crippen LogP contribution in [0.15, 0.2) is 12.4 Å². The van der Waals surface area contributed by atoms with Crippen LogP contribution in [-0.4, -0.2) is 19.3 Å². The fourth-order valence-electron chi connectivity index (χ4n) is 2.83. The Balaban J connectivity index is 2.03. The van der Waals surface area contributed by atoms with Crippen LogP contribution >= 0.6 is 0 Å². The van der Waals surface area contributed by atoms with Gasteiger partial charge in [-0.05, 0) is 12.8 Å². The maximum absolute atomic E-state index is 6.18. The van der Waals surface area contributed by atoms with E-state index in [9.17, 15) is 0 Å². The van der Waals surface area contributed by atoms with E-state index in [4.69, 9.17) is 10.7 Å². The van der Waals surface area contributed by atoms with Crippen LogP contribution in [0.5, 0.6) is 0 Å². The molecule has 18 heavy (non-hydrogen) atoms. The summed E-state index contributed by atoms with van der Waals surface area (Å²) in [6.07, 6.45) is 8.85. The van der Waals surface area contributed by atoms with E-state index in [1.165, 1.54) is 25.7 Å². The summed E-state index contributed by atoms with van der Waals surface area (Å²) in [6.45, 7) is 0. The van der Waals surface area contributed by atoms with Gasteiger partial charge in [0.15, 0.2) is 0 Å². The average Bonchev–Trinajstić information content (AvgIpc) is 3.04. The average molecular weight is 245 g/mol. The molecule has 96 valence electrons. The van der Waals surface area contributed by atoms with Crippen molar-refractivity contribution in [2.75, 3.05) is 5.73 Å². The largest absolute Gasteiger partial charge is 0.383 e. The van der Waals surface area contributed by atoms with Crippen molar-refractivity contribution in [3.8, 4) is 11.3 Å². The fraction of sp³-hybridized carbons (Fsp3) is 0.538. The first-order chi connectivity index (χ1) is 8.66. The number of hydrogen-bond acceptors (Lipinski definition) is 3. The number of imidazole rings is 1. The molecular formula is C13H19N5. The van der Waals surface area contributed by atoms with Crippen LogP contribution in [0.2, 0.25) is 0 Å². The van der Waals surface area contributed by atoms with Crippen molar-refractivity contribution in [1.82, 2.24) is 19.3 Å². The Morgan fingerprint density at radius 3 is 2.61 bits per heavy atom. The minimum atomic E-state index is 0.572. The van der Waals surface area contributed by atoms with Gasteiger partial charge in [-0.15, -0.1) is 0 Å². The molecule has 0 atom stereocenters. The molecule has 0 unspecified atom stereocenters. The molecule has 0 amide bonds. The summed E-state index contributed by atoms with van der Waals surface area (Å²) in [6, 6.07) is 0. The van der Waals surface area contributed by atoms with E-state index in [2.05, 4.69) is 5.10 Å². The molecule has 0 saturated heterocycles. The Morgan fingerprint density at radius 2 is 2.00 bits per heavy atom. The SMILES string of the molecule is Cn1cc(-c2nc(C3CCCC3)n(C)c2N)cn1. The second-order valence-corrected chi connectivity index (χ2v) is 5.15. The number of anilines is 1. The Morgan fingerprint density at radius 1 is 1.28 bits per heavy atom. The molecule has 2 aromatic heterocycles. The molecule has 2 aromatic rings. The number of nitrogens with two attached hydrogens (primary N) is 1. The summed E-state index contributed by atoms with van der Waals surface area (Å²) >= 11 is 0. The van der Waals surface area contributed by atoms with E-state index >= 15 is 0 Å². The maximum Gasteiger partial charge on any atom is 0.131 e. The molecule has 1 aliphatic rings. The van der Waals surface area contributed by atoms with Crippen molar-refractivity contribution in [1.29, 1.82) is 0 Å². The second kappa shape index (κ2) is 4.15. The third-order valence-corrected chi connectivity index (χ3v) is 3.87. The maximum atomic E-state index is 6.18. The first-order valence-electron chi connectivity index (χ1n) is 6.48. The smallest absolute Gasteiger partial charge is 0.131 e. The van der Waals surface area contributed by atoms with Crippen molar-refractivity contribution >= 4 is 5.82 Å². The van der Waals surface area contributed by atoms with Gasteiger partial charge in [0.25, 0.3) is 0 Å². The third kappa shape index (κ3) is 1.70. The van der Waals surface area contributed by atoms with Crippen LogP contribution in [0.4, 0.5) is 5.82 Å². The fourth-order valence-corrected chi connectivity index (χ4v) is 2.83. The van der Waals surface area contributed by atoms with Gasteiger partial charge in [-0.25, -0.2) is 4.98 Å². The summed E-state index contributed by atoms with van der Waals surface area (Å²) in [7, 11) is 3.91. The number of nitrogens with zero attached hydrogens (tertiary/aromatic N) is 4. The predicted octanol–water partition coefficient (Wildman–Crippen LogP) is 2.06. The highest BCUT2D eigenvalue weighted by molar-refractivity contribution is 5.70. The van der Waals surface area contributed by atoms with Crippen LogP contribution in [-0.2, 0) is 14.1 Å². The van der Waals surface area contributed by atoms with Gasteiger partial charge in [0, 0.05) is 31.8 Å². The molecule has 2 N–H and O–H groups in total. The molecule has 5 nitrogen and oxygen atoms in total. The molecule has 3 rings (SSSR count). The van der Waals surface area contributed by atoms with E-state index < -0.39 is 0 Å². The van der Waals surface area contributed by atoms with Gasteiger partial charge in [0.1, 0.15) is 17.3 Å². The first kappa shape index (κ1) is 11.3. The van der Waals surface area contributed by atoms with Crippen molar-refractivity contribution in [2.24, 2.45) is 14.1 Å². The van der Waals surface area contributed by atoms with E-state index in [-0.39, 0.29) is 0 Å². The molecule has 5 heteroatoms. The molecule has 1 fully saturated rings. The summed E-state index contributed by atoms with van der Waals surface area (Å²) in [5.74, 6) is 2.44. The Bertz CT molecular complexity index is 560. The molecule has 0 aliphatic heterocycles. The molecule has 2 heterocycles. The van der Waals surface area contributed by atoms with Crippen LogP contribution in [0.1, 0.15) is 37.4 Å². The summed E-state index contributed by atoms with van der Waals surface area (Å²) in [4.78, 5) is 4.76. The van der Waals surface area contributed by atoms with Gasteiger partial charge in [0.05, 0.1) is 6.20 Å². The number of hydrogen-bond donors (Lipinski definition) is 1. The van der Waals surface area contributed by atoms with Gasteiger partial charge in [-0.2, -0.15) is 5.10 Å². The van der Waals surface area contributed by atoms with Gasteiger partial charge in [-0.1, -0.05) is 12.8 Å². The van der Waals surface area contributed by atoms with Crippen molar-refractivity contribution < 1.29 is 0 Å². The lowest BCUT2D eigenvalue weighted by Crippen LogP contribution is -2.05. The van der Waals surface area contributed by atoms with Crippen LogP contribution in [0, 0.1) is 0 Å². The van der Waals surface area contributed by atoms with Gasteiger partial charge < -0.3 is 10.3 Å². The van der Waals surface area contributed by atoms with E-state index in [1.54, 1.807) is 4.68 Å². The molecule has 0 spiro atoms. The van der Waals surface area contributed by atoms with Gasteiger partial charge in [-0.3, -0.25) is 4.68 Å². The van der Waals surface area contributed by atoms with Gasteiger partial charge in [0.2, 0.25) is 0 Å². The highest BCUT2D eigenvalue weighted by Crippen LogP contribution is 2.36. The number of nitrogen functional groups attached to an aromatic ring is 1. The topological polar surface area (TPSA) is 61.7 Å². The molecule has 1 saturated carbocycles. The Labute approximate surface area is 107 Å². The number of rotatable bonds is 2. The summed E-state index contributed by atoms with van der Waals surface area (Å²) < 4.78 is 3.82. The summed E-state index contributed by atoms with van der Waals surface area (Å²) in [5.41, 5.74) is 8.04. The van der Waals surface area contributed by atoms with Gasteiger partial charge >= 0.3 is 0 Å². The zero-order valence-electron chi connectivity index (χ0n) is 10.9. The van der Waals surface area contributed by atoms with Crippen molar-refractivity contribution in [3.05, 3.63) is 18.2 Å². The predicted molar refractivity (Wildman–Crippen MR) is 71.0 cm³/mol. The van der Waals surface area contributed by atoms with Crippen molar-refractivity contribution in [2.45, 2.75) is 31.6 Å². The standard InChI is InChI=1S/C13H19N5/c1-17-8-10(7-15-17)11-12(14)18(2)13(16-11)9-5-3-4-6-9/h7-9H,3-6,14H2,1-2H3. The van der Waals surface area contributed by atoms with E-state index in [1.807, 2.05) is 31.1 Å². The minimum Gasteiger partial charge on any atom is -0.383 e. The quantitative estimate of drug-likeness (QED) is 0.881. The van der Waals surface area contributed by atoms with Crippen LogP contribution < -0.4 is 5.73 Å². The molecule has 0 radical (unpaired) electrons. The van der Waals surface area contributed by atoms with Crippen LogP contribution in [0.3, 0.4) is 0 Å². The lowest BCUT2D eigenvalue weighted by Gasteiger charge is -2.08. The van der Waals surface area contributed by atoms with E-state index in [0.29, 0.717) is 5.92 Å². The monoisotopic (exact) mass is 245 g/mol. The number of aromatic nitrogens is 4. The molecule has 0 aromatic carbocycles. The van der Waals surface area contributed by atoms with Crippen LogP contribution in [0.25, 0.3) is 11.3 Å². The third-order valence-electron chi connectivity index (χ3n) is 3.87. The zero-order valence-corrected chi connectivity index (χ0v) is 10.9. The molecular weight excluding hydrogens is 226 g/mol. The normalized spacial score (nSPS) is 16.6. The lowest BCUT2D eigenvalue weighted by molar-refractivity contribution is 0.635. The Hall–Kier alpha value is -1.78. The van der Waals surface area contributed by atoms with Crippen molar-refractivity contribution in [3.63, 3.8) is 0 Å². The lowest BCUT2D eigenvalue weighted by atomic mass is 10.1. The molecule has 1 aliphatic carbocycles. The zero-order chi connectivity index (χ0) is 12.7. The number of aryl methyl sites for hydroxylation is 1. The Kier molecular flexibility index (Phi) is 2.61.